The van der Waals surface area contributed by atoms with Crippen molar-refractivity contribution in [1.82, 2.24) is 0 Å². The van der Waals surface area contributed by atoms with Crippen LogP contribution in [0.15, 0.2) is 27.1 Å². The first-order valence-electron chi connectivity index (χ1n) is 4.85. The minimum atomic E-state index is 0.0394. The van der Waals surface area contributed by atoms with Crippen molar-refractivity contribution >= 4 is 32.7 Å². The molecule has 0 unspecified atom stereocenters. The SMILES string of the molecule is CCC(=O)c1cc2c(Br)ccc(C)c2o1. The maximum atomic E-state index is 11.5. The Balaban J connectivity index is 2.70. The topological polar surface area (TPSA) is 30.2 Å². The molecule has 0 radical (unpaired) electrons. The second kappa shape index (κ2) is 3.81. The molecule has 1 aromatic carbocycles. The molecule has 0 aliphatic heterocycles. The van der Waals surface area contributed by atoms with Gasteiger partial charge in [0.15, 0.2) is 11.5 Å². The molecule has 0 fully saturated rings. The molecule has 0 N–H and O–H groups in total. The van der Waals surface area contributed by atoms with Crippen LogP contribution in [-0.4, -0.2) is 5.78 Å². The number of carbonyl (C=O) groups excluding carboxylic acids is 1. The van der Waals surface area contributed by atoms with Gasteiger partial charge >= 0.3 is 0 Å². The van der Waals surface area contributed by atoms with Gasteiger partial charge in [0, 0.05) is 16.3 Å². The summed E-state index contributed by atoms with van der Waals surface area (Å²) in [6.07, 6.45) is 0.469. The van der Waals surface area contributed by atoms with Gasteiger partial charge in [0.1, 0.15) is 5.58 Å². The summed E-state index contributed by atoms with van der Waals surface area (Å²) in [4.78, 5) is 11.5. The maximum Gasteiger partial charge on any atom is 0.197 e. The van der Waals surface area contributed by atoms with Gasteiger partial charge in [-0.1, -0.05) is 28.9 Å². The minimum Gasteiger partial charge on any atom is -0.453 e. The molecule has 0 saturated heterocycles. The maximum absolute atomic E-state index is 11.5. The Hall–Kier alpha value is -1.09. The average Bonchev–Trinajstić information content (AvgIpc) is 2.68. The molecule has 2 aromatic rings. The molecule has 1 heterocycles. The van der Waals surface area contributed by atoms with E-state index in [9.17, 15) is 4.79 Å². The van der Waals surface area contributed by atoms with Crippen LogP contribution >= 0.6 is 15.9 Å². The molecule has 2 nitrogen and oxygen atoms in total. The predicted octanol–water partition coefficient (Wildman–Crippen LogP) is 4.10. The monoisotopic (exact) mass is 266 g/mol. The lowest BCUT2D eigenvalue weighted by atomic mass is 10.1. The first-order chi connectivity index (χ1) is 7.13. The third-order valence-electron chi connectivity index (χ3n) is 2.42. The van der Waals surface area contributed by atoms with Crippen LogP contribution in [0.4, 0.5) is 0 Å². The molecule has 0 atom stereocenters. The molecule has 3 heteroatoms. The van der Waals surface area contributed by atoms with Crippen LogP contribution in [-0.2, 0) is 0 Å². The number of fused-ring (bicyclic) bond motifs is 1. The largest absolute Gasteiger partial charge is 0.453 e. The van der Waals surface area contributed by atoms with E-state index in [-0.39, 0.29) is 5.78 Å². The first kappa shape index (κ1) is 10.4. The van der Waals surface area contributed by atoms with Crippen molar-refractivity contribution in [3.63, 3.8) is 0 Å². The van der Waals surface area contributed by atoms with E-state index in [0.29, 0.717) is 12.2 Å². The van der Waals surface area contributed by atoms with Crippen LogP contribution in [0.25, 0.3) is 11.0 Å². The Labute approximate surface area is 96.4 Å². The summed E-state index contributed by atoms with van der Waals surface area (Å²) in [7, 11) is 0. The van der Waals surface area contributed by atoms with Crippen LogP contribution in [0.1, 0.15) is 29.5 Å². The molecule has 0 saturated carbocycles. The number of hydrogen-bond acceptors (Lipinski definition) is 2. The normalized spacial score (nSPS) is 10.9. The van der Waals surface area contributed by atoms with Gasteiger partial charge in [-0.15, -0.1) is 0 Å². The third-order valence-corrected chi connectivity index (χ3v) is 3.11. The fraction of sp³-hybridized carbons (Fsp3) is 0.250. The van der Waals surface area contributed by atoms with Crippen LogP contribution < -0.4 is 0 Å². The Bertz CT molecular complexity index is 487. The van der Waals surface area contributed by atoms with Crippen LogP contribution in [0.3, 0.4) is 0 Å². The summed E-state index contributed by atoms with van der Waals surface area (Å²) in [5, 5.41) is 0.965. The molecule has 0 bridgehead atoms. The highest BCUT2D eigenvalue weighted by atomic mass is 79.9. The molecule has 15 heavy (non-hydrogen) atoms. The minimum absolute atomic E-state index is 0.0394. The van der Waals surface area contributed by atoms with E-state index in [2.05, 4.69) is 15.9 Å². The van der Waals surface area contributed by atoms with E-state index in [1.807, 2.05) is 26.0 Å². The summed E-state index contributed by atoms with van der Waals surface area (Å²) in [6, 6.07) is 5.74. The van der Waals surface area contributed by atoms with E-state index >= 15 is 0 Å². The zero-order valence-corrected chi connectivity index (χ0v) is 10.2. The van der Waals surface area contributed by atoms with E-state index in [1.54, 1.807) is 6.07 Å². The van der Waals surface area contributed by atoms with Crippen molar-refractivity contribution in [2.24, 2.45) is 0 Å². The summed E-state index contributed by atoms with van der Waals surface area (Å²) >= 11 is 3.44. The van der Waals surface area contributed by atoms with Gasteiger partial charge in [-0.2, -0.15) is 0 Å². The van der Waals surface area contributed by atoms with E-state index in [1.165, 1.54) is 0 Å². The molecular weight excluding hydrogens is 256 g/mol. The summed E-state index contributed by atoms with van der Waals surface area (Å²) in [5.41, 5.74) is 1.84. The first-order valence-corrected chi connectivity index (χ1v) is 5.64. The van der Waals surface area contributed by atoms with Crippen molar-refractivity contribution in [1.29, 1.82) is 0 Å². The van der Waals surface area contributed by atoms with Crippen molar-refractivity contribution in [2.45, 2.75) is 20.3 Å². The number of carbonyl (C=O) groups is 1. The molecule has 1 aromatic heterocycles. The third kappa shape index (κ3) is 1.72. The number of benzene rings is 1. The fourth-order valence-electron chi connectivity index (χ4n) is 1.54. The van der Waals surface area contributed by atoms with E-state index in [4.69, 9.17) is 4.42 Å². The lowest BCUT2D eigenvalue weighted by Crippen LogP contribution is -1.92. The predicted molar refractivity (Wildman–Crippen MR) is 63.3 cm³/mol. The van der Waals surface area contributed by atoms with Crippen LogP contribution in [0.2, 0.25) is 0 Å². The highest BCUT2D eigenvalue weighted by molar-refractivity contribution is 9.10. The Morgan fingerprint density at radius 3 is 2.80 bits per heavy atom. The number of rotatable bonds is 2. The number of furan rings is 1. The average molecular weight is 267 g/mol. The zero-order valence-electron chi connectivity index (χ0n) is 8.63. The van der Waals surface area contributed by atoms with Gasteiger partial charge in [-0.25, -0.2) is 0 Å². The Morgan fingerprint density at radius 2 is 2.20 bits per heavy atom. The van der Waals surface area contributed by atoms with Crippen LogP contribution in [0, 0.1) is 6.92 Å². The van der Waals surface area contributed by atoms with Crippen molar-refractivity contribution in [3.8, 4) is 0 Å². The van der Waals surface area contributed by atoms with E-state index < -0.39 is 0 Å². The second-order valence-electron chi connectivity index (χ2n) is 3.49. The molecule has 0 aliphatic carbocycles. The van der Waals surface area contributed by atoms with Crippen molar-refractivity contribution < 1.29 is 9.21 Å². The van der Waals surface area contributed by atoms with Gasteiger partial charge in [-0.3, -0.25) is 4.79 Å². The lowest BCUT2D eigenvalue weighted by molar-refractivity contribution is 0.0963. The van der Waals surface area contributed by atoms with Gasteiger partial charge in [0.05, 0.1) is 0 Å². The molecule has 2 rings (SSSR count). The summed E-state index contributed by atoms with van der Waals surface area (Å²) in [5.74, 6) is 0.486. The molecule has 0 spiro atoms. The quantitative estimate of drug-likeness (QED) is 0.767. The summed E-state index contributed by atoms with van der Waals surface area (Å²) < 4.78 is 6.51. The van der Waals surface area contributed by atoms with E-state index in [0.717, 1.165) is 21.0 Å². The molecule has 78 valence electrons. The van der Waals surface area contributed by atoms with Crippen molar-refractivity contribution in [2.75, 3.05) is 0 Å². The van der Waals surface area contributed by atoms with Crippen molar-refractivity contribution in [3.05, 3.63) is 34.0 Å². The van der Waals surface area contributed by atoms with Gasteiger partial charge < -0.3 is 4.42 Å². The highest BCUT2D eigenvalue weighted by Crippen LogP contribution is 2.30. The Kier molecular flexibility index (Phi) is 2.65. The molecule has 0 aliphatic rings. The second-order valence-corrected chi connectivity index (χ2v) is 4.35. The number of halogens is 1. The lowest BCUT2D eigenvalue weighted by Gasteiger charge is -1.95. The molecular formula is C12H11BrO2. The summed E-state index contributed by atoms with van der Waals surface area (Å²) in [6.45, 7) is 3.80. The smallest absolute Gasteiger partial charge is 0.197 e. The Morgan fingerprint density at radius 1 is 1.47 bits per heavy atom. The van der Waals surface area contributed by atoms with Gasteiger partial charge in [-0.05, 0) is 24.6 Å². The molecule has 0 amide bonds. The number of ketones is 1. The van der Waals surface area contributed by atoms with Gasteiger partial charge in [0.2, 0.25) is 0 Å². The fourth-order valence-corrected chi connectivity index (χ4v) is 1.96. The van der Waals surface area contributed by atoms with Crippen LogP contribution in [0.5, 0.6) is 0 Å². The number of hydrogen-bond donors (Lipinski definition) is 0. The zero-order chi connectivity index (χ0) is 11.0. The number of aryl methyl sites for hydroxylation is 1. The standard InChI is InChI=1S/C12H11BrO2/c1-3-10(14)11-6-8-9(13)5-4-7(2)12(8)15-11/h4-6H,3H2,1-2H3. The highest BCUT2D eigenvalue weighted by Gasteiger charge is 2.13. The number of Topliss-reactive ketones (excluding diaryl/α,β-unsaturated/α-hetero) is 1. The van der Waals surface area contributed by atoms with Gasteiger partial charge in [0.25, 0.3) is 0 Å².